The Morgan fingerprint density at radius 1 is 1.43 bits per heavy atom. The molecule has 0 amide bonds. The molecule has 1 atom stereocenters. The van der Waals surface area contributed by atoms with Gasteiger partial charge in [0.1, 0.15) is 12.4 Å². The lowest BCUT2D eigenvalue weighted by atomic mass is 10.2. The maximum atomic E-state index is 5.14. The van der Waals surface area contributed by atoms with Gasteiger partial charge >= 0.3 is 0 Å². The summed E-state index contributed by atoms with van der Waals surface area (Å²) in [5.74, 6) is 2.83. The van der Waals surface area contributed by atoms with Crippen molar-refractivity contribution in [3.8, 4) is 0 Å². The van der Waals surface area contributed by atoms with Gasteiger partial charge in [-0.2, -0.15) is 0 Å². The third kappa shape index (κ3) is 4.42. The van der Waals surface area contributed by atoms with E-state index >= 15 is 0 Å². The summed E-state index contributed by atoms with van der Waals surface area (Å²) in [7, 11) is 1.70. The molecule has 0 radical (unpaired) electrons. The maximum Gasteiger partial charge on any atom is 0.191 e. The Balaban J connectivity index is 2.00. The molecular formula is C14H26N6O. The molecule has 1 unspecified atom stereocenters. The Kier molecular flexibility index (Phi) is 5.98. The van der Waals surface area contributed by atoms with Crippen molar-refractivity contribution in [1.82, 2.24) is 25.4 Å². The van der Waals surface area contributed by atoms with Crippen LogP contribution in [0.1, 0.15) is 38.3 Å². The van der Waals surface area contributed by atoms with Crippen LogP contribution in [-0.4, -0.2) is 47.0 Å². The standard InChI is InChI=1S/C14H26N6O/c1-4-15-14(17-11(2)10-21-3)16-9-13-19-18-12-7-5-6-8-20(12)13/h11H,4-10H2,1-3H3,(H2,15,16,17). The number of nitrogens with one attached hydrogen (secondary N) is 2. The maximum absolute atomic E-state index is 5.14. The second-order valence-corrected chi connectivity index (χ2v) is 5.34. The molecule has 7 heteroatoms. The molecule has 21 heavy (non-hydrogen) atoms. The molecule has 0 aliphatic carbocycles. The van der Waals surface area contributed by atoms with E-state index in [1.54, 1.807) is 7.11 Å². The van der Waals surface area contributed by atoms with Crippen molar-refractivity contribution in [1.29, 1.82) is 0 Å². The molecule has 1 aliphatic rings. The molecule has 118 valence electrons. The summed E-state index contributed by atoms with van der Waals surface area (Å²) < 4.78 is 7.34. The monoisotopic (exact) mass is 294 g/mol. The number of ether oxygens (including phenoxy) is 1. The molecule has 7 nitrogen and oxygen atoms in total. The number of nitrogens with zero attached hydrogens (tertiary/aromatic N) is 4. The van der Waals surface area contributed by atoms with Gasteiger partial charge in [0.15, 0.2) is 11.8 Å². The third-order valence-corrected chi connectivity index (χ3v) is 3.46. The first-order chi connectivity index (χ1) is 10.2. The van der Waals surface area contributed by atoms with Crippen LogP contribution < -0.4 is 10.6 Å². The molecular weight excluding hydrogens is 268 g/mol. The number of hydrogen-bond donors (Lipinski definition) is 2. The van der Waals surface area contributed by atoms with Crippen molar-refractivity contribution in [3.05, 3.63) is 11.6 Å². The number of aliphatic imine (C=N–C) groups is 1. The van der Waals surface area contributed by atoms with Gasteiger partial charge in [0.2, 0.25) is 0 Å². The van der Waals surface area contributed by atoms with Crippen molar-refractivity contribution in [2.24, 2.45) is 4.99 Å². The minimum atomic E-state index is 0.208. The van der Waals surface area contributed by atoms with E-state index < -0.39 is 0 Å². The predicted octanol–water partition coefficient (Wildman–Crippen LogP) is 0.704. The molecule has 0 saturated carbocycles. The van der Waals surface area contributed by atoms with Gasteiger partial charge in [-0.05, 0) is 26.7 Å². The average molecular weight is 294 g/mol. The van der Waals surface area contributed by atoms with Crippen LogP contribution in [0.15, 0.2) is 4.99 Å². The molecule has 2 N–H and O–H groups in total. The lowest BCUT2D eigenvalue weighted by Gasteiger charge is -2.17. The van der Waals surface area contributed by atoms with Crippen molar-refractivity contribution in [2.75, 3.05) is 20.3 Å². The van der Waals surface area contributed by atoms with Gasteiger partial charge in [0.25, 0.3) is 0 Å². The van der Waals surface area contributed by atoms with Crippen molar-refractivity contribution in [2.45, 2.75) is 52.2 Å². The second-order valence-electron chi connectivity index (χ2n) is 5.34. The third-order valence-electron chi connectivity index (χ3n) is 3.46. The number of guanidine groups is 1. The number of methoxy groups -OCH3 is 1. The summed E-state index contributed by atoms with van der Waals surface area (Å²) in [5.41, 5.74) is 0. The van der Waals surface area contributed by atoms with Crippen LogP contribution >= 0.6 is 0 Å². The quantitative estimate of drug-likeness (QED) is 0.597. The fraction of sp³-hybridized carbons (Fsp3) is 0.786. The Bertz CT molecular complexity index is 470. The highest BCUT2D eigenvalue weighted by Gasteiger charge is 2.15. The van der Waals surface area contributed by atoms with Crippen LogP contribution in [0.2, 0.25) is 0 Å². The van der Waals surface area contributed by atoms with Crippen molar-refractivity contribution < 1.29 is 4.74 Å². The summed E-state index contributed by atoms with van der Waals surface area (Å²) in [6.45, 7) is 7.14. The fourth-order valence-corrected chi connectivity index (χ4v) is 2.48. The molecule has 0 saturated heterocycles. The van der Waals surface area contributed by atoms with Crippen LogP contribution in [0.4, 0.5) is 0 Å². The summed E-state index contributed by atoms with van der Waals surface area (Å²) in [4.78, 5) is 4.60. The number of aromatic nitrogens is 3. The van der Waals surface area contributed by atoms with Gasteiger partial charge in [-0.1, -0.05) is 0 Å². The number of aryl methyl sites for hydroxylation is 1. The molecule has 0 spiro atoms. The minimum Gasteiger partial charge on any atom is -0.383 e. The van der Waals surface area contributed by atoms with Gasteiger partial charge < -0.3 is 19.9 Å². The zero-order chi connectivity index (χ0) is 15.1. The highest BCUT2D eigenvalue weighted by molar-refractivity contribution is 5.79. The predicted molar refractivity (Wildman–Crippen MR) is 82.2 cm³/mol. The van der Waals surface area contributed by atoms with Gasteiger partial charge in [-0.15, -0.1) is 10.2 Å². The second kappa shape index (κ2) is 7.97. The number of hydrogen-bond acceptors (Lipinski definition) is 4. The summed E-state index contributed by atoms with van der Waals surface area (Å²) >= 11 is 0. The normalized spacial score (nSPS) is 16.4. The minimum absolute atomic E-state index is 0.208. The van der Waals surface area contributed by atoms with E-state index in [-0.39, 0.29) is 6.04 Å². The van der Waals surface area contributed by atoms with Crippen molar-refractivity contribution in [3.63, 3.8) is 0 Å². The Labute approximate surface area is 126 Å². The first kappa shape index (κ1) is 15.8. The Morgan fingerprint density at radius 2 is 2.29 bits per heavy atom. The lowest BCUT2D eigenvalue weighted by Crippen LogP contribution is -2.44. The molecule has 1 aromatic heterocycles. The first-order valence-corrected chi connectivity index (χ1v) is 7.69. The molecule has 0 aromatic carbocycles. The molecule has 1 aromatic rings. The molecule has 0 fully saturated rings. The Hall–Kier alpha value is -1.63. The smallest absolute Gasteiger partial charge is 0.191 e. The van der Waals surface area contributed by atoms with Crippen molar-refractivity contribution >= 4 is 5.96 Å². The van der Waals surface area contributed by atoms with E-state index in [1.807, 2.05) is 0 Å². The fourth-order valence-electron chi connectivity index (χ4n) is 2.48. The van der Waals surface area contributed by atoms with Crippen LogP contribution in [0.3, 0.4) is 0 Å². The number of rotatable bonds is 6. The molecule has 0 bridgehead atoms. The summed E-state index contributed by atoms with van der Waals surface area (Å²) in [6, 6.07) is 0.208. The zero-order valence-electron chi connectivity index (χ0n) is 13.2. The van der Waals surface area contributed by atoms with Crippen LogP contribution in [0.5, 0.6) is 0 Å². The molecule has 2 rings (SSSR count). The van der Waals surface area contributed by atoms with Gasteiger partial charge in [-0.25, -0.2) is 4.99 Å². The van der Waals surface area contributed by atoms with Crippen LogP contribution in [-0.2, 0) is 24.2 Å². The van der Waals surface area contributed by atoms with E-state index in [4.69, 9.17) is 4.74 Å². The topological polar surface area (TPSA) is 76.4 Å². The lowest BCUT2D eigenvalue weighted by molar-refractivity contribution is 0.179. The SMILES string of the molecule is CCNC(=NCc1nnc2n1CCCC2)NC(C)COC. The largest absolute Gasteiger partial charge is 0.383 e. The first-order valence-electron chi connectivity index (χ1n) is 7.69. The average Bonchev–Trinajstić information content (AvgIpc) is 2.88. The van der Waals surface area contributed by atoms with Gasteiger partial charge in [-0.3, -0.25) is 0 Å². The van der Waals surface area contributed by atoms with E-state index in [0.717, 1.165) is 37.1 Å². The van der Waals surface area contributed by atoms with Gasteiger partial charge in [0, 0.05) is 32.7 Å². The summed E-state index contributed by atoms with van der Waals surface area (Å²) in [5, 5.41) is 15.1. The molecule has 2 heterocycles. The zero-order valence-corrected chi connectivity index (χ0v) is 13.2. The van der Waals surface area contributed by atoms with E-state index in [2.05, 4.69) is 44.2 Å². The van der Waals surface area contributed by atoms with Gasteiger partial charge in [0.05, 0.1) is 6.61 Å². The van der Waals surface area contributed by atoms with Crippen LogP contribution in [0.25, 0.3) is 0 Å². The van der Waals surface area contributed by atoms with E-state index in [9.17, 15) is 0 Å². The molecule has 1 aliphatic heterocycles. The van der Waals surface area contributed by atoms with Crippen LogP contribution in [0, 0.1) is 0 Å². The Morgan fingerprint density at radius 3 is 3.05 bits per heavy atom. The highest BCUT2D eigenvalue weighted by Crippen LogP contribution is 2.14. The summed E-state index contributed by atoms with van der Waals surface area (Å²) in [6.07, 6.45) is 3.44. The van der Waals surface area contributed by atoms with E-state index in [1.165, 1.54) is 12.8 Å². The highest BCUT2D eigenvalue weighted by atomic mass is 16.5. The number of fused-ring (bicyclic) bond motifs is 1. The van der Waals surface area contributed by atoms with E-state index in [0.29, 0.717) is 13.2 Å².